The minimum atomic E-state index is 0.341. The Bertz CT molecular complexity index is 394. The van der Waals surface area contributed by atoms with Crippen molar-refractivity contribution in [1.29, 1.82) is 0 Å². The van der Waals surface area contributed by atoms with Gasteiger partial charge in [0.25, 0.3) is 0 Å². The largest absolute Gasteiger partial charge is 0.314 e. The van der Waals surface area contributed by atoms with Crippen LogP contribution in [0.3, 0.4) is 0 Å². The van der Waals surface area contributed by atoms with Crippen molar-refractivity contribution >= 4 is 15.9 Å². The third kappa shape index (κ3) is 4.04. The number of likely N-dealkylation sites (tertiary alicyclic amines) is 1. The van der Waals surface area contributed by atoms with Crippen LogP contribution >= 0.6 is 15.9 Å². The molecule has 2 nitrogen and oxygen atoms in total. The lowest BCUT2D eigenvalue weighted by atomic mass is 9.89. The summed E-state index contributed by atoms with van der Waals surface area (Å²) >= 11 is 3.49. The van der Waals surface area contributed by atoms with Crippen LogP contribution in [0, 0.1) is 0 Å². The fraction of sp³-hybridized carbons (Fsp3) is 0.625. The lowest BCUT2D eigenvalue weighted by Crippen LogP contribution is -2.52. The molecule has 1 N–H and O–H groups in total. The topological polar surface area (TPSA) is 15.3 Å². The second-order valence-corrected chi connectivity index (χ2v) is 6.94. The zero-order chi connectivity index (χ0) is 13.9. The molecular weight excluding hydrogens is 300 g/mol. The SMILES string of the molecule is CNC1(C)CCN(C(C)Cc2ccc(Br)cc2)CC1. The summed E-state index contributed by atoms with van der Waals surface area (Å²) in [5.41, 5.74) is 1.77. The maximum Gasteiger partial charge on any atom is 0.0175 e. The molecule has 0 radical (unpaired) electrons. The number of hydrogen-bond acceptors (Lipinski definition) is 2. The van der Waals surface area contributed by atoms with Gasteiger partial charge in [0, 0.05) is 29.1 Å². The monoisotopic (exact) mass is 324 g/mol. The Morgan fingerprint density at radius 2 is 1.84 bits per heavy atom. The third-order valence-corrected chi connectivity index (χ3v) is 5.10. The predicted molar refractivity (Wildman–Crippen MR) is 85.6 cm³/mol. The summed E-state index contributed by atoms with van der Waals surface area (Å²) in [5, 5.41) is 3.46. The smallest absolute Gasteiger partial charge is 0.0175 e. The zero-order valence-electron chi connectivity index (χ0n) is 12.2. The van der Waals surface area contributed by atoms with Crippen molar-refractivity contribution in [2.75, 3.05) is 20.1 Å². The molecule has 1 saturated heterocycles. The molecule has 106 valence electrons. The predicted octanol–water partition coefficient (Wildman–Crippen LogP) is 3.45. The number of rotatable bonds is 4. The van der Waals surface area contributed by atoms with E-state index in [4.69, 9.17) is 0 Å². The van der Waals surface area contributed by atoms with E-state index >= 15 is 0 Å². The molecule has 1 aliphatic rings. The molecule has 0 aliphatic carbocycles. The van der Waals surface area contributed by atoms with Crippen molar-refractivity contribution in [3.63, 3.8) is 0 Å². The van der Waals surface area contributed by atoms with E-state index in [0.29, 0.717) is 11.6 Å². The van der Waals surface area contributed by atoms with Gasteiger partial charge in [-0.15, -0.1) is 0 Å². The van der Waals surface area contributed by atoms with Gasteiger partial charge in [-0.05, 0) is 57.9 Å². The minimum Gasteiger partial charge on any atom is -0.314 e. The summed E-state index contributed by atoms with van der Waals surface area (Å²) in [6.45, 7) is 7.10. The summed E-state index contributed by atoms with van der Waals surface area (Å²) in [4.78, 5) is 2.63. The summed E-state index contributed by atoms with van der Waals surface area (Å²) in [6, 6.07) is 9.35. The molecule has 1 aliphatic heterocycles. The summed E-state index contributed by atoms with van der Waals surface area (Å²) in [6.07, 6.45) is 3.63. The first-order valence-electron chi connectivity index (χ1n) is 7.20. The maximum absolute atomic E-state index is 3.49. The first kappa shape index (κ1) is 15.0. The molecule has 0 aromatic heterocycles. The molecule has 1 heterocycles. The number of piperidine rings is 1. The maximum atomic E-state index is 3.49. The number of nitrogens with zero attached hydrogens (tertiary/aromatic N) is 1. The summed E-state index contributed by atoms with van der Waals surface area (Å²) < 4.78 is 1.16. The van der Waals surface area contributed by atoms with Gasteiger partial charge in [0.2, 0.25) is 0 Å². The highest BCUT2D eigenvalue weighted by atomic mass is 79.9. The molecule has 0 bridgehead atoms. The average molecular weight is 325 g/mol. The number of hydrogen-bond donors (Lipinski definition) is 1. The molecule has 3 heteroatoms. The van der Waals surface area contributed by atoms with Gasteiger partial charge in [-0.1, -0.05) is 28.1 Å². The molecule has 2 rings (SSSR count). The third-order valence-electron chi connectivity index (χ3n) is 4.57. The van der Waals surface area contributed by atoms with Gasteiger partial charge in [-0.3, -0.25) is 0 Å². The van der Waals surface area contributed by atoms with Crippen LogP contribution in [0.5, 0.6) is 0 Å². The van der Waals surface area contributed by atoms with Crippen molar-refractivity contribution < 1.29 is 0 Å². The van der Waals surface area contributed by atoms with Gasteiger partial charge in [0.1, 0.15) is 0 Å². The Labute approximate surface area is 125 Å². The van der Waals surface area contributed by atoms with E-state index in [1.165, 1.54) is 31.5 Å². The molecule has 1 aromatic rings. The molecule has 1 unspecified atom stereocenters. The van der Waals surface area contributed by atoms with Gasteiger partial charge in [0.05, 0.1) is 0 Å². The Kier molecular flexibility index (Phi) is 5.04. The first-order chi connectivity index (χ1) is 9.02. The Morgan fingerprint density at radius 3 is 2.37 bits per heavy atom. The minimum absolute atomic E-state index is 0.341. The van der Waals surface area contributed by atoms with E-state index in [0.717, 1.165) is 10.9 Å². The molecule has 19 heavy (non-hydrogen) atoms. The van der Waals surface area contributed by atoms with Crippen LogP contribution in [0.15, 0.2) is 28.7 Å². The second-order valence-electron chi connectivity index (χ2n) is 6.03. The van der Waals surface area contributed by atoms with E-state index in [-0.39, 0.29) is 0 Å². The Balaban J connectivity index is 1.87. The number of benzene rings is 1. The van der Waals surface area contributed by atoms with Crippen LogP contribution in [0.2, 0.25) is 0 Å². The van der Waals surface area contributed by atoms with Gasteiger partial charge in [0.15, 0.2) is 0 Å². The van der Waals surface area contributed by atoms with Crippen molar-refractivity contribution in [2.24, 2.45) is 0 Å². The summed E-state index contributed by atoms with van der Waals surface area (Å²) in [5.74, 6) is 0. The molecule has 1 fully saturated rings. The average Bonchev–Trinajstić information content (AvgIpc) is 2.42. The zero-order valence-corrected chi connectivity index (χ0v) is 13.8. The van der Waals surface area contributed by atoms with Crippen molar-refractivity contribution in [1.82, 2.24) is 10.2 Å². The second kappa shape index (κ2) is 6.38. The molecule has 0 spiro atoms. The standard InChI is InChI=1S/C16H25BrN2/c1-13(12-14-4-6-15(17)7-5-14)19-10-8-16(2,18-3)9-11-19/h4-7,13,18H,8-12H2,1-3H3. The van der Waals surface area contributed by atoms with Gasteiger partial charge < -0.3 is 10.2 Å². The highest BCUT2D eigenvalue weighted by Gasteiger charge is 2.29. The highest BCUT2D eigenvalue weighted by Crippen LogP contribution is 2.23. The van der Waals surface area contributed by atoms with Gasteiger partial charge >= 0.3 is 0 Å². The normalized spacial score (nSPS) is 21.3. The number of nitrogens with one attached hydrogen (secondary N) is 1. The van der Waals surface area contributed by atoms with E-state index in [9.17, 15) is 0 Å². The Morgan fingerprint density at radius 1 is 1.26 bits per heavy atom. The van der Waals surface area contributed by atoms with Crippen LogP contribution in [-0.4, -0.2) is 36.6 Å². The first-order valence-corrected chi connectivity index (χ1v) is 7.99. The Hall–Kier alpha value is -0.380. The molecular formula is C16H25BrN2. The van der Waals surface area contributed by atoms with Crippen LogP contribution < -0.4 is 5.32 Å². The number of halogens is 1. The van der Waals surface area contributed by atoms with E-state index in [1.54, 1.807) is 0 Å². The van der Waals surface area contributed by atoms with Gasteiger partial charge in [-0.25, -0.2) is 0 Å². The highest BCUT2D eigenvalue weighted by molar-refractivity contribution is 9.10. The molecule has 0 amide bonds. The van der Waals surface area contributed by atoms with Crippen molar-refractivity contribution in [2.45, 2.75) is 44.7 Å². The van der Waals surface area contributed by atoms with E-state index < -0.39 is 0 Å². The summed E-state index contributed by atoms with van der Waals surface area (Å²) in [7, 11) is 2.08. The van der Waals surface area contributed by atoms with Crippen LogP contribution in [0.25, 0.3) is 0 Å². The van der Waals surface area contributed by atoms with Gasteiger partial charge in [-0.2, -0.15) is 0 Å². The fourth-order valence-corrected chi connectivity index (χ4v) is 3.06. The van der Waals surface area contributed by atoms with Crippen LogP contribution in [0.1, 0.15) is 32.3 Å². The van der Waals surface area contributed by atoms with Crippen LogP contribution in [0.4, 0.5) is 0 Å². The van der Waals surface area contributed by atoms with E-state index in [1.807, 2.05) is 0 Å². The van der Waals surface area contributed by atoms with E-state index in [2.05, 4.69) is 71.3 Å². The molecule has 1 atom stereocenters. The quantitative estimate of drug-likeness (QED) is 0.912. The molecule has 1 aromatic carbocycles. The van der Waals surface area contributed by atoms with Crippen molar-refractivity contribution in [3.8, 4) is 0 Å². The lowest BCUT2D eigenvalue weighted by molar-refractivity contribution is 0.117. The fourth-order valence-electron chi connectivity index (χ4n) is 2.80. The molecule has 0 saturated carbocycles. The lowest BCUT2D eigenvalue weighted by Gasteiger charge is -2.41. The van der Waals surface area contributed by atoms with Crippen molar-refractivity contribution in [3.05, 3.63) is 34.3 Å². The van der Waals surface area contributed by atoms with Crippen LogP contribution in [-0.2, 0) is 6.42 Å².